The van der Waals surface area contributed by atoms with E-state index in [0.29, 0.717) is 5.56 Å². The quantitative estimate of drug-likeness (QED) is 0.695. The van der Waals surface area contributed by atoms with Gasteiger partial charge in [-0.05, 0) is 30.0 Å². The van der Waals surface area contributed by atoms with Crippen LogP contribution >= 0.6 is 0 Å². The Kier molecular flexibility index (Phi) is 3.09. The van der Waals surface area contributed by atoms with Gasteiger partial charge in [0.25, 0.3) is 0 Å². The number of methoxy groups -OCH3 is 1. The number of rotatable bonds is 2. The summed E-state index contributed by atoms with van der Waals surface area (Å²) in [6.07, 6.45) is 3.20. The molecule has 0 atom stereocenters. The van der Waals surface area contributed by atoms with Crippen LogP contribution in [0, 0.1) is 0 Å². The van der Waals surface area contributed by atoms with Crippen molar-refractivity contribution in [3.05, 3.63) is 41.6 Å². The zero-order valence-corrected chi connectivity index (χ0v) is 7.36. The maximum Gasteiger partial charge on any atom is 0.337 e. The lowest BCUT2D eigenvalue weighted by Gasteiger charge is -1.98. The first-order valence-corrected chi connectivity index (χ1v) is 3.84. The molecular formula is C10H11NO2. The third kappa shape index (κ3) is 2.33. The maximum atomic E-state index is 11.0. The van der Waals surface area contributed by atoms with Crippen LogP contribution in [-0.4, -0.2) is 13.1 Å². The normalized spacial score (nSPS) is 10.2. The Morgan fingerprint density at radius 3 is 2.46 bits per heavy atom. The summed E-state index contributed by atoms with van der Waals surface area (Å²) in [5.74, 6) is -0.330. The van der Waals surface area contributed by atoms with E-state index in [9.17, 15) is 4.79 Å². The summed E-state index contributed by atoms with van der Waals surface area (Å²) in [6, 6.07) is 6.99. The molecule has 0 amide bonds. The largest absolute Gasteiger partial charge is 0.465 e. The minimum absolute atomic E-state index is 0.330. The SMILES string of the molecule is COC(=O)c1ccc(/C=C\N)cc1. The summed E-state index contributed by atoms with van der Waals surface area (Å²) in [4.78, 5) is 11.0. The molecule has 1 rings (SSSR count). The highest BCUT2D eigenvalue weighted by atomic mass is 16.5. The zero-order valence-electron chi connectivity index (χ0n) is 7.36. The molecule has 0 saturated heterocycles. The summed E-state index contributed by atoms with van der Waals surface area (Å²) < 4.78 is 4.55. The van der Waals surface area contributed by atoms with E-state index < -0.39 is 0 Å². The minimum Gasteiger partial charge on any atom is -0.465 e. The van der Waals surface area contributed by atoms with Crippen molar-refractivity contribution in [1.82, 2.24) is 0 Å². The lowest BCUT2D eigenvalue weighted by Crippen LogP contribution is -2.00. The topological polar surface area (TPSA) is 52.3 Å². The highest BCUT2D eigenvalue weighted by Gasteiger charge is 2.02. The highest BCUT2D eigenvalue weighted by molar-refractivity contribution is 5.89. The van der Waals surface area contributed by atoms with E-state index in [0.717, 1.165) is 5.56 Å². The molecule has 0 heterocycles. The third-order valence-corrected chi connectivity index (χ3v) is 1.62. The molecule has 1 aromatic carbocycles. The van der Waals surface area contributed by atoms with Crippen molar-refractivity contribution in [1.29, 1.82) is 0 Å². The molecule has 3 nitrogen and oxygen atoms in total. The molecule has 13 heavy (non-hydrogen) atoms. The number of carbonyl (C=O) groups is 1. The molecule has 0 radical (unpaired) electrons. The molecule has 1 aromatic rings. The Hall–Kier alpha value is -1.77. The van der Waals surface area contributed by atoms with Gasteiger partial charge in [-0.25, -0.2) is 4.79 Å². The van der Waals surface area contributed by atoms with E-state index in [-0.39, 0.29) is 5.97 Å². The van der Waals surface area contributed by atoms with Crippen molar-refractivity contribution in [2.24, 2.45) is 5.73 Å². The average molecular weight is 177 g/mol. The van der Waals surface area contributed by atoms with Crippen LogP contribution in [0.25, 0.3) is 6.08 Å². The second kappa shape index (κ2) is 4.30. The van der Waals surface area contributed by atoms with Gasteiger partial charge in [0.2, 0.25) is 0 Å². The molecule has 0 aliphatic heterocycles. The van der Waals surface area contributed by atoms with Crippen LogP contribution in [0.2, 0.25) is 0 Å². The molecule has 0 unspecified atom stereocenters. The van der Waals surface area contributed by atoms with Crippen molar-refractivity contribution in [3.63, 3.8) is 0 Å². The Balaban J connectivity index is 2.87. The van der Waals surface area contributed by atoms with E-state index in [2.05, 4.69) is 4.74 Å². The first-order valence-electron chi connectivity index (χ1n) is 3.84. The number of carbonyl (C=O) groups excluding carboxylic acids is 1. The maximum absolute atomic E-state index is 11.0. The predicted octanol–water partition coefficient (Wildman–Crippen LogP) is 1.40. The molecule has 0 fully saturated rings. The first-order chi connectivity index (χ1) is 6.27. The molecule has 0 aliphatic carbocycles. The number of nitrogens with two attached hydrogens (primary N) is 1. The Morgan fingerprint density at radius 1 is 1.38 bits per heavy atom. The van der Waals surface area contributed by atoms with Crippen molar-refractivity contribution in [2.75, 3.05) is 7.11 Å². The highest BCUT2D eigenvalue weighted by Crippen LogP contribution is 2.06. The summed E-state index contributed by atoms with van der Waals surface area (Å²) in [6.45, 7) is 0. The fraction of sp³-hybridized carbons (Fsp3) is 0.100. The van der Waals surface area contributed by atoms with Gasteiger partial charge >= 0.3 is 5.97 Å². The van der Waals surface area contributed by atoms with Gasteiger partial charge in [0.1, 0.15) is 0 Å². The molecule has 3 heteroatoms. The summed E-state index contributed by atoms with van der Waals surface area (Å²) in [7, 11) is 1.36. The van der Waals surface area contributed by atoms with Crippen LogP contribution in [0.5, 0.6) is 0 Å². The van der Waals surface area contributed by atoms with E-state index in [1.807, 2.05) is 0 Å². The Morgan fingerprint density at radius 2 is 2.00 bits per heavy atom. The van der Waals surface area contributed by atoms with Gasteiger partial charge in [0, 0.05) is 0 Å². The Labute approximate surface area is 76.8 Å². The molecule has 2 N–H and O–H groups in total. The van der Waals surface area contributed by atoms with Gasteiger partial charge < -0.3 is 10.5 Å². The number of benzene rings is 1. The zero-order chi connectivity index (χ0) is 9.68. The summed E-state index contributed by atoms with van der Waals surface area (Å²) >= 11 is 0. The smallest absolute Gasteiger partial charge is 0.337 e. The van der Waals surface area contributed by atoms with Crippen LogP contribution < -0.4 is 5.73 Å². The van der Waals surface area contributed by atoms with Gasteiger partial charge in [0.15, 0.2) is 0 Å². The van der Waals surface area contributed by atoms with Crippen molar-refractivity contribution < 1.29 is 9.53 Å². The predicted molar refractivity (Wildman–Crippen MR) is 51.0 cm³/mol. The average Bonchev–Trinajstić information content (AvgIpc) is 2.18. The van der Waals surface area contributed by atoms with Crippen molar-refractivity contribution in [3.8, 4) is 0 Å². The third-order valence-electron chi connectivity index (χ3n) is 1.62. The number of ether oxygens (including phenoxy) is 1. The molecule has 0 spiro atoms. The van der Waals surface area contributed by atoms with Crippen molar-refractivity contribution >= 4 is 12.0 Å². The van der Waals surface area contributed by atoms with Crippen LogP contribution in [0.4, 0.5) is 0 Å². The van der Waals surface area contributed by atoms with E-state index >= 15 is 0 Å². The number of hydrogen-bond acceptors (Lipinski definition) is 3. The lowest BCUT2D eigenvalue weighted by molar-refractivity contribution is 0.0601. The number of esters is 1. The second-order valence-corrected chi connectivity index (χ2v) is 2.47. The molecule has 0 aliphatic rings. The molecule has 0 bridgehead atoms. The van der Waals surface area contributed by atoms with Crippen LogP contribution in [0.15, 0.2) is 30.5 Å². The van der Waals surface area contributed by atoms with Crippen LogP contribution in [0.1, 0.15) is 15.9 Å². The molecule has 0 aromatic heterocycles. The fourth-order valence-electron chi connectivity index (χ4n) is 0.959. The fourth-order valence-corrected chi connectivity index (χ4v) is 0.959. The van der Waals surface area contributed by atoms with Gasteiger partial charge in [-0.3, -0.25) is 0 Å². The second-order valence-electron chi connectivity index (χ2n) is 2.47. The van der Waals surface area contributed by atoms with E-state index in [1.165, 1.54) is 13.3 Å². The van der Waals surface area contributed by atoms with E-state index in [4.69, 9.17) is 5.73 Å². The molecular weight excluding hydrogens is 166 g/mol. The standard InChI is InChI=1S/C10H11NO2/c1-13-10(12)9-4-2-8(3-5-9)6-7-11/h2-7H,11H2,1H3/b7-6-. The molecule has 0 saturated carbocycles. The first kappa shape index (κ1) is 9.32. The van der Waals surface area contributed by atoms with E-state index in [1.54, 1.807) is 30.3 Å². The van der Waals surface area contributed by atoms with Gasteiger partial charge in [-0.1, -0.05) is 12.1 Å². The van der Waals surface area contributed by atoms with Crippen LogP contribution in [-0.2, 0) is 4.74 Å². The van der Waals surface area contributed by atoms with Crippen molar-refractivity contribution in [2.45, 2.75) is 0 Å². The monoisotopic (exact) mass is 177 g/mol. The number of hydrogen-bond donors (Lipinski definition) is 1. The summed E-state index contributed by atoms with van der Waals surface area (Å²) in [5, 5.41) is 0. The van der Waals surface area contributed by atoms with Crippen LogP contribution in [0.3, 0.4) is 0 Å². The van der Waals surface area contributed by atoms with Gasteiger partial charge in [0.05, 0.1) is 12.7 Å². The minimum atomic E-state index is -0.330. The Bertz CT molecular complexity index is 314. The van der Waals surface area contributed by atoms with Gasteiger partial charge in [-0.15, -0.1) is 0 Å². The lowest BCUT2D eigenvalue weighted by atomic mass is 10.1. The molecule has 68 valence electrons. The summed E-state index contributed by atoms with van der Waals surface area (Å²) in [5.41, 5.74) is 6.70. The van der Waals surface area contributed by atoms with Gasteiger partial charge in [-0.2, -0.15) is 0 Å².